The van der Waals surface area contributed by atoms with Gasteiger partial charge in [-0.3, -0.25) is 5.32 Å². The number of quaternary nitrogens is 1. The van der Waals surface area contributed by atoms with Crippen molar-refractivity contribution < 1.29 is 24.3 Å². The molecule has 2 aromatic rings. The molecule has 0 aromatic heterocycles. The Morgan fingerprint density at radius 2 is 1.81 bits per heavy atom. The van der Waals surface area contributed by atoms with Crippen LogP contribution in [0.15, 0.2) is 54.6 Å². The highest BCUT2D eigenvalue weighted by Crippen LogP contribution is 2.28. The molecule has 0 aliphatic carbocycles. The molecule has 6 nitrogen and oxygen atoms in total. The predicted octanol–water partition coefficient (Wildman–Crippen LogP) is 3.09. The van der Waals surface area contributed by atoms with Crippen molar-refractivity contribution in [1.29, 1.82) is 0 Å². The third-order valence-corrected chi connectivity index (χ3v) is 6.11. The number of carbonyl (C=O) groups is 1. The average molecular weight is 426 g/mol. The van der Waals surface area contributed by atoms with E-state index in [9.17, 15) is 4.79 Å². The lowest BCUT2D eigenvalue weighted by Gasteiger charge is -2.17. The van der Waals surface area contributed by atoms with Crippen molar-refractivity contribution in [2.24, 2.45) is 0 Å². The minimum Gasteiger partial charge on any atom is -0.441 e. The Kier molecular flexibility index (Phi) is 7.22. The molecule has 4 atom stereocenters. The summed E-state index contributed by atoms with van der Waals surface area (Å²) in [5.41, 5.74) is 3.32. The zero-order chi connectivity index (χ0) is 21.6. The van der Waals surface area contributed by atoms with Gasteiger partial charge >= 0.3 is 6.09 Å². The number of benzene rings is 2. The van der Waals surface area contributed by atoms with Gasteiger partial charge in [0.05, 0.1) is 13.2 Å². The van der Waals surface area contributed by atoms with Gasteiger partial charge in [-0.1, -0.05) is 56.3 Å². The SMILES string of the molecule is CC(C)c1ccc(NC(=O)O[C@@H]2CO[C@H]3[C@@H]2OC[C@@H]3[NH2+]CCCc2ccccc2)cc1. The lowest BCUT2D eigenvalue weighted by molar-refractivity contribution is -0.693. The number of ether oxygens (including phenoxy) is 3. The van der Waals surface area contributed by atoms with Gasteiger partial charge in [-0.15, -0.1) is 0 Å². The van der Waals surface area contributed by atoms with Gasteiger partial charge in [0.1, 0.15) is 24.9 Å². The smallest absolute Gasteiger partial charge is 0.412 e. The molecular weight excluding hydrogens is 392 g/mol. The number of fused-ring (bicyclic) bond motifs is 1. The largest absolute Gasteiger partial charge is 0.441 e. The molecule has 0 bridgehead atoms. The number of amides is 1. The molecule has 166 valence electrons. The number of anilines is 1. The van der Waals surface area contributed by atoms with Crippen LogP contribution in [-0.2, 0) is 20.6 Å². The molecule has 2 saturated heterocycles. The summed E-state index contributed by atoms with van der Waals surface area (Å²) in [5.74, 6) is 0.455. The maximum atomic E-state index is 12.4. The Labute approximate surface area is 184 Å². The summed E-state index contributed by atoms with van der Waals surface area (Å²) in [6.07, 6.45) is 1.12. The first kappa shape index (κ1) is 21.8. The first-order valence-corrected chi connectivity index (χ1v) is 11.3. The summed E-state index contributed by atoms with van der Waals surface area (Å²) < 4.78 is 17.5. The van der Waals surface area contributed by atoms with Crippen molar-refractivity contribution in [3.05, 3.63) is 65.7 Å². The molecule has 4 rings (SSSR count). The lowest BCUT2D eigenvalue weighted by atomic mass is 10.0. The van der Waals surface area contributed by atoms with Crippen LogP contribution in [0.25, 0.3) is 0 Å². The summed E-state index contributed by atoms with van der Waals surface area (Å²) in [6.45, 7) is 6.31. The van der Waals surface area contributed by atoms with Crippen LogP contribution in [-0.4, -0.2) is 50.2 Å². The number of rotatable bonds is 8. The number of hydrogen-bond acceptors (Lipinski definition) is 4. The summed E-state index contributed by atoms with van der Waals surface area (Å²) in [7, 11) is 0. The Balaban J connectivity index is 1.20. The van der Waals surface area contributed by atoms with Crippen LogP contribution in [0.4, 0.5) is 10.5 Å². The maximum absolute atomic E-state index is 12.4. The van der Waals surface area contributed by atoms with Crippen LogP contribution < -0.4 is 10.6 Å². The summed E-state index contributed by atoms with van der Waals surface area (Å²) in [4.78, 5) is 12.4. The van der Waals surface area contributed by atoms with E-state index in [0.717, 1.165) is 25.1 Å². The second-order valence-electron chi connectivity index (χ2n) is 8.72. The molecule has 3 N–H and O–H groups in total. The molecule has 2 aliphatic rings. The second-order valence-corrected chi connectivity index (χ2v) is 8.72. The summed E-state index contributed by atoms with van der Waals surface area (Å²) >= 11 is 0. The Hall–Kier alpha value is -2.41. The van der Waals surface area contributed by atoms with E-state index in [2.05, 4.69) is 48.7 Å². The number of nitrogens with one attached hydrogen (secondary N) is 1. The molecule has 6 heteroatoms. The summed E-state index contributed by atoms with van der Waals surface area (Å²) in [6, 6.07) is 18.6. The van der Waals surface area contributed by atoms with Crippen LogP contribution in [0, 0.1) is 0 Å². The van der Waals surface area contributed by atoms with Crippen LogP contribution in [0.3, 0.4) is 0 Å². The maximum Gasteiger partial charge on any atom is 0.412 e. The number of aryl methyl sites for hydroxylation is 1. The zero-order valence-electron chi connectivity index (χ0n) is 18.3. The molecular formula is C25H33N2O4+. The van der Waals surface area contributed by atoms with Gasteiger partial charge in [-0.25, -0.2) is 4.79 Å². The van der Waals surface area contributed by atoms with Crippen LogP contribution >= 0.6 is 0 Å². The van der Waals surface area contributed by atoms with E-state index in [1.807, 2.05) is 30.3 Å². The van der Waals surface area contributed by atoms with Gasteiger partial charge in [0.15, 0.2) is 6.10 Å². The van der Waals surface area contributed by atoms with Crippen LogP contribution in [0.5, 0.6) is 0 Å². The standard InChI is InChI=1S/C25H32N2O4/c1-17(2)19-10-12-20(13-11-19)27-25(28)31-22-16-30-23-21(15-29-24(22)23)26-14-6-9-18-7-4-3-5-8-18/h3-5,7-8,10-13,17,21-24,26H,6,9,14-16H2,1-2H3,(H,27,28)/p+1/t21-,22+,23+,24+/m0/s1. The van der Waals surface area contributed by atoms with Crippen LogP contribution in [0.2, 0.25) is 0 Å². The van der Waals surface area contributed by atoms with E-state index in [4.69, 9.17) is 14.2 Å². The quantitative estimate of drug-likeness (QED) is 0.638. The van der Waals surface area contributed by atoms with Gasteiger partial charge in [-0.2, -0.15) is 0 Å². The molecule has 2 heterocycles. The zero-order valence-corrected chi connectivity index (χ0v) is 18.3. The van der Waals surface area contributed by atoms with E-state index in [0.29, 0.717) is 19.1 Å². The van der Waals surface area contributed by atoms with Crippen molar-refractivity contribution in [3.8, 4) is 0 Å². The predicted molar refractivity (Wildman–Crippen MR) is 119 cm³/mol. The molecule has 1 amide bonds. The van der Waals surface area contributed by atoms with Gasteiger partial charge in [0.2, 0.25) is 0 Å². The van der Waals surface area contributed by atoms with Crippen molar-refractivity contribution in [2.45, 2.75) is 57.0 Å². The number of hydrogen-bond donors (Lipinski definition) is 2. The molecule has 0 radical (unpaired) electrons. The fourth-order valence-corrected chi connectivity index (χ4v) is 4.32. The molecule has 2 fully saturated rings. The van der Waals surface area contributed by atoms with E-state index in [1.54, 1.807) is 0 Å². The highest BCUT2D eigenvalue weighted by Gasteiger charge is 2.51. The third kappa shape index (κ3) is 5.64. The first-order chi connectivity index (χ1) is 15.1. The lowest BCUT2D eigenvalue weighted by Crippen LogP contribution is -2.92. The van der Waals surface area contributed by atoms with Crippen molar-refractivity contribution in [3.63, 3.8) is 0 Å². The van der Waals surface area contributed by atoms with E-state index in [1.165, 1.54) is 11.1 Å². The topological polar surface area (TPSA) is 73.4 Å². The van der Waals surface area contributed by atoms with Crippen molar-refractivity contribution in [1.82, 2.24) is 0 Å². The fourth-order valence-electron chi connectivity index (χ4n) is 4.32. The van der Waals surface area contributed by atoms with Crippen molar-refractivity contribution >= 4 is 11.8 Å². The van der Waals surface area contributed by atoms with Crippen molar-refractivity contribution in [2.75, 3.05) is 25.1 Å². The molecule has 2 aromatic carbocycles. The van der Waals surface area contributed by atoms with Gasteiger partial charge in [-0.05, 0) is 35.6 Å². The normalized spacial score (nSPS) is 24.9. The molecule has 2 aliphatic heterocycles. The Morgan fingerprint density at radius 3 is 2.55 bits per heavy atom. The van der Waals surface area contributed by atoms with Gasteiger partial charge in [0.25, 0.3) is 0 Å². The average Bonchev–Trinajstić information content (AvgIpc) is 3.35. The molecule has 0 unspecified atom stereocenters. The molecule has 0 saturated carbocycles. The minimum absolute atomic E-state index is 0.0279. The Bertz CT molecular complexity index is 840. The van der Waals surface area contributed by atoms with Crippen LogP contribution in [0.1, 0.15) is 37.3 Å². The molecule has 31 heavy (non-hydrogen) atoms. The first-order valence-electron chi connectivity index (χ1n) is 11.3. The minimum atomic E-state index is -0.467. The monoisotopic (exact) mass is 425 g/mol. The van der Waals surface area contributed by atoms with E-state index >= 15 is 0 Å². The van der Waals surface area contributed by atoms with E-state index in [-0.39, 0.29) is 24.4 Å². The number of nitrogens with two attached hydrogens (primary N) is 1. The number of carbonyl (C=O) groups excluding carboxylic acids is 1. The summed E-state index contributed by atoms with van der Waals surface area (Å²) in [5, 5.41) is 5.12. The second kappa shape index (κ2) is 10.3. The van der Waals surface area contributed by atoms with Gasteiger partial charge in [0, 0.05) is 12.1 Å². The molecule has 0 spiro atoms. The van der Waals surface area contributed by atoms with E-state index < -0.39 is 6.09 Å². The Morgan fingerprint density at radius 1 is 1.06 bits per heavy atom. The van der Waals surface area contributed by atoms with Gasteiger partial charge < -0.3 is 19.5 Å². The third-order valence-electron chi connectivity index (χ3n) is 6.11. The highest BCUT2D eigenvalue weighted by atomic mass is 16.6. The highest BCUT2D eigenvalue weighted by molar-refractivity contribution is 5.84. The fraction of sp³-hybridized carbons (Fsp3) is 0.480.